The monoisotopic (exact) mass is 1370 g/mol. The Balaban J connectivity index is 1.42. The number of carbonyl (C=O) groups excluding carboxylic acids is 11. The molecule has 0 unspecified atom stereocenters. The molecule has 2 heterocycles. The number of urea groups is 1. The molecule has 10 N–H and O–H groups in total. The van der Waals surface area contributed by atoms with Crippen molar-refractivity contribution in [3.63, 3.8) is 0 Å². The summed E-state index contributed by atoms with van der Waals surface area (Å²) in [6.07, 6.45) is 4.33. The number of ether oxygens (including phenoxy) is 2. The van der Waals surface area contributed by atoms with E-state index in [4.69, 9.17) is 15.2 Å². The molecule has 2 saturated heterocycles. The number of anilines is 1. The molecule has 0 aliphatic carbocycles. The molecule has 2 aliphatic heterocycles. The predicted octanol–water partition coefficient (Wildman–Crippen LogP) is 4.77. The third-order valence-electron chi connectivity index (χ3n) is 19.5. The summed E-state index contributed by atoms with van der Waals surface area (Å²) in [7, 11) is 10.0. The molecule has 0 saturated carbocycles. The number of nitrogens with two attached hydrogens (primary N) is 1. The van der Waals surface area contributed by atoms with Gasteiger partial charge in [-0.25, -0.2) is 4.79 Å². The Hall–Kier alpha value is -7.71. The van der Waals surface area contributed by atoms with Crippen LogP contribution in [-0.2, 0) is 70.4 Å². The molecular weight excluding hydrogens is 1250 g/mol. The number of hydrogen-bond acceptors (Lipinski definition) is 14. The van der Waals surface area contributed by atoms with E-state index in [-0.39, 0.29) is 104 Å². The van der Waals surface area contributed by atoms with Crippen molar-refractivity contribution in [2.75, 3.05) is 67.4 Å². The topological polar surface area (TPSA) is 341 Å². The van der Waals surface area contributed by atoms with Crippen molar-refractivity contribution in [2.45, 2.75) is 226 Å². The summed E-state index contributed by atoms with van der Waals surface area (Å²) in [6, 6.07) is 9.33. The molecule has 2 aromatic rings. The van der Waals surface area contributed by atoms with Gasteiger partial charge in [0.1, 0.15) is 24.2 Å². The molecule has 2 aromatic carbocycles. The standard InChI is InChI=1S/C72H117N13O13/c1-17-19-36-72(9,10)63(82(12)13)69(94)77-48(8)70(95)83(14)61(45(5)18-2)56(97-15)42-59(88)85-38-24-28-55(85)62(98-16)47(7)64(89)80-54(41-49-25-21-20-22-26-49)66(91)76-43-50-29-31-52(32-30-50)78-67(92)53(27-23-37-75-71(73)96)79-68(93)60(44(3)4)81-57(86)33-34-58(87)84-39-35-51(40-46(84)6)65(90)74-11/h20-22,25-26,29-32,44-48,51,53-56,60-63H,17-19,23-24,27-28,33-43H2,1-16H3,(H,74,90)(H,76,91)(H,77,94)(H,78,92)(H,79,93)(H,80,89)(H,81,86)(H3,73,75,96)/t45-,46-,47+,48-,51-,53-,54-,55-,56+,60-,61-,62+,63+/m0/s1. The Bertz CT molecular complexity index is 2950. The van der Waals surface area contributed by atoms with Crippen LogP contribution in [0.2, 0.25) is 0 Å². The van der Waals surface area contributed by atoms with E-state index in [1.165, 1.54) is 14.2 Å². The van der Waals surface area contributed by atoms with Crippen molar-refractivity contribution in [1.82, 2.24) is 56.8 Å². The predicted molar refractivity (Wildman–Crippen MR) is 376 cm³/mol. The molecule has 0 aromatic heterocycles. The van der Waals surface area contributed by atoms with E-state index in [1.807, 2.05) is 70.1 Å². The van der Waals surface area contributed by atoms with Crippen molar-refractivity contribution < 1.29 is 62.2 Å². The lowest BCUT2D eigenvalue weighted by atomic mass is 9.78. The van der Waals surface area contributed by atoms with Gasteiger partial charge in [0.25, 0.3) is 0 Å². The summed E-state index contributed by atoms with van der Waals surface area (Å²) in [5.74, 6) is -5.31. The Labute approximate surface area is 581 Å². The van der Waals surface area contributed by atoms with Crippen molar-refractivity contribution in [2.24, 2.45) is 34.8 Å². The van der Waals surface area contributed by atoms with Gasteiger partial charge in [0, 0.05) is 91.4 Å². The number of hydrogen-bond donors (Lipinski definition) is 9. The van der Waals surface area contributed by atoms with Gasteiger partial charge in [0.05, 0.1) is 42.7 Å². The Morgan fingerprint density at radius 3 is 1.96 bits per heavy atom. The normalized spacial score (nSPS) is 18.7. The molecule has 12 amide bonds. The van der Waals surface area contributed by atoms with Crippen LogP contribution in [0.4, 0.5) is 10.5 Å². The minimum atomic E-state index is -1.13. The number of nitrogens with zero attached hydrogens (tertiary/aromatic N) is 4. The Kier molecular flexibility index (Phi) is 34.1. The molecule has 26 nitrogen and oxygen atoms in total. The number of primary amides is 1. The quantitative estimate of drug-likeness (QED) is 0.0408. The van der Waals surface area contributed by atoms with Crippen LogP contribution in [0.3, 0.4) is 0 Å². The first kappa shape index (κ1) is 82.7. The summed E-state index contributed by atoms with van der Waals surface area (Å²) in [5.41, 5.74) is 6.73. The van der Waals surface area contributed by atoms with Gasteiger partial charge >= 0.3 is 6.03 Å². The summed E-state index contributed by atoms with van der Waals surface area (Å²) >= 11 is 0. The smallest absolute Gasteiger partial charge is 0.312 e. The number of methoxy groups -OCH3 is 2. The molecule has 2 aliphatic rings. The third kappa shape index (κ3) is 24.6. The molecule has 26 heteroatoms. The van der Waals surface area contributed by atoms with Gasteiger partial charge in [0.2, 0.25) is 59.1 Å². The number of unbranched alkanes of at least 4 members (excludes halogenated alkanes) is 1. The van der Waals surface area contributed by atoms with Gasteiger partial charge in [0.15, 0.2) is 0 Å². The minimum Gasteiger partial charge on any atom is -0.379 e. The van der Waals surface area contributed by atoms with Crippen LogP contribution in [0.5, 0.6) is 0 Å². The second kappa shape index (κ2) is 40.4. The molecule has 0 radical (unpaired) electrons. The largest absolute Gasteiger partial charge is 0.379 e. The molecule has 548 valence electrons. The maximum atomic E-state index is 14.6. The number of benzene rings is 2. The first-order valence-electron chi connectivity index (χ1n) is 35.1. The van der Waals surface area contributed by atoms with Crippen molar-refractivity contribution >= 4 is 70.8 Å². The average molecular weight is 1370 g/mol. The second-order valence-electron chi connectivity index (χ2n) is 28.0. The fourth-order valence-corrected chi connectivity index (χ4v) is 13.8. The van der Waals surface area contributed by atoms with Gasteiger partial charge in [-0.3, -0.25) is 52.8 Å². The number of likely N-dealkylation sites (tertiary alicyclic amines) is 2. The summed E-state index contributed by atoms with van der Waals surface area (Å²) in [6.45, 7) is 20.0. The van der Waals surface area contributed by atoms with E-state index in [0.717, 1.165) is 24.8 Å². The molecular formula is C72H117N13O13. The van der Waals surface area contributed by atoms with Gasteiger partial charge in [-0.1, -0.05) is 117 Å². The first-order valence-corrected chi connectivity index (χ1v) is 35.1. The third-order valence-corrected chi connectivity index (χ3v) is 19.5. The maximum absolute atomic E-state index is 14.6. The highest BCUT2D eigenvalue weighted by Crippen LogP contribution is 2.33. The first-order chi connectivity index (χ1) is 46.3. The molecule has 0 bridgehead atoms. The molecule has 13 atom stereocenters. The van der Waals surface area contributed by atoms with Gasteiger partial charge in [-0.05, 0) is 113 Å². The van der Waals surface area contributed by atoms with Crippen LogP contribution >= 0.6 is 0 Å². The minimum absolute atomic E-state index is 0.0390. The summed E-state index contributed by atoms with van der Waals surface area (Å²) < 4.78 is 12.2. The number of piperidine rings is 1. The van der Waals surface area contributed by atoms with Crippen LogP contribution in [0.15, 0.2) is 54.6 Å². The van der Waals surface area contributed by atoms with Crippen LogP contribution in [0.1, 0.15) is 164 Å². The Morgan fingerprint density at radius 2 is 1.38 bits per heavy atom. The van der Waals surface area contributed by atoms with Crippen LogP contribution in [0, 0.1) is 29.1 Å². The summed E-state index contributed by atoms with van der Waals surface area (Å²) in [5, 5.41) is 22.4. The van der Waals surface area contributed by atoms with E-state index in [9.17, 15) is 52.7 Å². The lowest BCUT2D eigenvalue weighted by Gasteiger charge is -2.41. The van der Waals surface area contributed by atoms with Crippen molar-refractivity contribution in [3.8, 4) is 0 Å². The van der Waals surface area contributed by atoms with Crippen LogP contribution < -0.4 is 48.3 Å². The van der Waals surface area contributed by atoms with E-state index >= 15 is 0 Å². The Morgan fingerprint density at radius 1 is 0.714 bits per heavy atom. The zero-order valence-electron chi connectivity index (χ0n) is 61.2. The highest BCUT2D eigenvalue weighted by molar-refractivity contribution is 5.99. The second-order valence-corrected chi connectivity index (χ2v) is 28.0. The average Bonchev–Trinajstić information content (AvgIpc) is 1.09. The van der Waals surface area contributed by atoms with E-state index < -0.39 is 102 Å². The van der Waals surface area contributed by atoms with Crippen LogP contribution in [-0.4, -0.2) is 207 Å². The lowest BCUT2D eigenvalue weighted by molar-refractivity contribution is -0.147. The maximum Gasteiger partial charge on any atom is 0.312 e. The molecule has 98 heavy (non-hydrogen) atoms. The molecule has 2 fully saturated rings. The van der Waals surface area contributed by atoms with Gasteiger partial charge in [-0.2, -0.15) is 0 Å². The van der Waals surface area contributed by atoms with E-state index in [2.05, 4.69) is 63.3 Å². The van der Waals surface area contributed by atoms with Crippen molar-refractivity contribution in [1.29, 1.82) is 0 Å². The van der Waals surface area contributed by atoms with Gasteiger partial charge in [-0.15, -0.1) is 0 Å². The number of carbonyl (C=O) groups is 11. The number of rotatable bonds is 39. The fraction of sp³-hybridized carbons (Fsp3) is 0.681. The SMILES string of the molecule is CCCCC(C)(C)[C@@H](C(=O)N[C@@H](C)C(=O)N(C)[C@@H]([C@@H](C)CC)[C@@H](CC(=O)N1CCC[C@H]1[C@H](OC)[C@@H](C)C(=O)N[C@@H](Cc1ccccc1)C(=O)NCc1ccc(NC(=O)[C@H](CCCNC(N)=O)NC(=O)[C@@H](NC(=O)CCC(=O)N2CC[C@H](C(=O)NC)C[C@@H]2C)C(C)C)cc1)OC)N(C)C. The van der Waals surface area contributed by atoms with Crippen LogP contribution in [0.25, 0.3) is 0 Å². The lowest BCUT2D eigenvalue weighted by Crippen LogP contribution is -2.59. The highest BCUT2D eigenvalue weighted by Gasteiger charge is 2.44. The van der Waals surface area contributed by atoms with E-state index in [1.54, 1.807) is 80.8 Å². The van der Waals surface area contributed by atoms with Gasteiger partial charge < -0.3 is 72.4 Å². The number of nitrogens with one attached hydrogen (secondary N) is 8. The molecule has 4 rings (SSSR count). The fourth-order valence-electron chi connectivity index (χ4n) is 13.8. The van der Waals surface area contributed by atoms with Crippen molar-refractivity contribution in [3.05, 3.63) is 65.7 Å². The van der Waals surface area contributed by atoms with E-state index in [0.29, 0.717) is 56.4 Å². The molecule has 0 spiro atoms. The number of likely N-dealkylation sites (N-methyl/N-ethyl adjacent to an activating group) is 2. The highest BCUT2D eigenvalue weighted by atomic mass is 16.5. The zero-order chi connectivity index (χ0) is 73.1. The zero-order valence-corrected chi connectivity index (χ0v) is 61.2. The number of amides is 12. The summed E-state index contributed by atoms with van der Waals surface area (Å²) in [4.78, 5) is 157.